The van der Waals surface area contributed by atoms with Crippen molar-refractivity contribution in [2.75, 3.05) is 20.1 Å². The van der Waals surface area contributed by atoms with Crippen molar-refractivity contribution < 1.29 is 4.74 Å². The topological polar surface area (TPSA) is 12.5 Å². The summed E-state index contributed by atoms with van der Waals surface area (Å²) in [7, 11) is 2.13. The summed E-state index contributed by atoms with van der Waals surface area (Å²) in [6.07, 6.45) is 11.2. The molecule has 0 bridgehead atoms. The Bertz CT molecular complexity index is 408. The molecule has 1 atom stereocenters. The Kier molecular flexibility index (Phi) is 3.17. The van der Waals surface area contributed by atoms with Crippen molar-refractivity contribution in [2.45, 2.75) is 18.9 Å². The third-order valence-corrected chi connectivity index (χ3v) is 2.97. The molecule has 2 heterocycles. The largest absolute Gasteiger partial charge is 0.485 e. The minimum Gasteiger partial charge on any atom is -0.485 e. The molecule has 0 aromatic rings. The fourth-order valence-corrected chi connectivity index (χ4v) is 2.09. The zero-order valence-corrected chi connectivity index (χ0v) is 9.86. The van der Waals surface area contributed by atoms with Crippen LogP contribution in [0.3, 0.4) is 0 Å². The van der Waals surface area contributed by atoms with E-state index in [9.17, 15) is 0 Å². The highest BCUT2D eigenvalue weighted by atomic mass is 16.5. The molecule has 2 nitrogen and oxygen atoms in total. The Hall–Kier alpha value is -1.46. The van der Waals surface area contributed by atoms with Gasteiger partial charge in [0, 0.05) is 13.1 Å². The summed E-state index contributed by atoms with van der Waals surface area (Å²) >= 11 is 0. The molecule has 0 amide bonds. The fourth-order valence-electron chi connectivity index (χ4n) is 2.09. The quantitative estimate of drug-likeness (QED) is 0.621. The summed E-state index contributed by atoms with van der Waals surface area (Å²) in [4.78, 5) is 2.30. The Morgan fingerprint density at radius 2 is 2.38 bits per heavy atom. The van der Waals surface area contributed by atoms with Crippen LogP contribution in [-0.2, 0) is 4.74 Å². The SMILES string of the molecule is CC#C/C=C\C1=CCCN(C)CC12C=CO2. The summed E-state index contributed by atoms with van der Waals surface area (Å²) in [6.45, 7) is 3.84. The highest BCUT2D eigenvalue weighted by Crippen LogP contribution is 2.34. The van der Waals surface area contributed by atoms with Gasteiger partial charge in [0.1, 0.15) is 0 Å². The van der Waals surface area contributed by atoms with Gasteiger partial charge in [-0.3, -0.25) is 0 Å². The van der Waals surface area contributed by atoms with Gasteiger partial charge < -0.3 is 9.64 Å². The predicted octanol–water partition coefficient (Wildman–Crippen LogP) is 2.11. The van der Waals surface area contributed by atoms with Crippen LogP contribution in [0.4, 0.5) is 0 Å². The average molecular weight is 215 g/mol. The molecule has 1 unspecified atom stereocenters. The van der Waals surface area contributed by atoms with E-state index in [0.717, 1.165) is 19.5 Å². The molecular formula is C14H17NO. The highest BCUT2D eigenvalue weighted by Gasteiger charge is 2.39. The van der Waals surface area contributed by atoms with E-state index in [1.54, 1.807) is 6.26 Å². The van der Waals surface area contributed by atoms with Gasteiger partial charge >= 0.3 is 0 Å². The van der Waals surface area contributed by atoms with Crippen LogP contribution in [0.5, 0.6) is 0 Å². The second kappa shape index (κ2) is 4.59. The van der Waals surface area contributed by atoms with Crippen molar-refractivity contribution in [1.82, 2.24) is 4.90 Å². The Balaban J connectivity index is 2.22. The number of hydrogen-bond acceptors (Lipinski definition) is 2. The van der Waals surface area contributed by atoms with Crippen molar-refractivity contribution in [3.05, 3.63) is 36.1 Å². The number of likely N-dealkylation sites (N-methyl/N-ethyl adjacent to an activating group) is 1. The molecule has 2 heteroatoms. The zero-order valence-electron chi connectivity index (χ0n) is 9.86. The smallest absolute Gasteiger partial charge is 0.167 e. The zero-order chi connectivity index (χ0) is 11.4. The molecule has 0 aliphatic carbocycles. The third kappa shape index (κ3) is 2.05. The number of nitrogens with zero attached hydrogens (tertiary/aromatic N) is 1. The summed E-state index contributed by atoms with van der Waals surface area (Å²) in [5.41, 5.74) is 0.999. The van der Waals surface area contributed by atoms with E-state index in [1.165, 1.54) is 5.57 Å². The van der Waals surface area contributed by atoms with Gasteiger partial charge in [-0.05, 0) is 44.2 Å². The van der Waals surface area contributed by atoms with E-state index in [0.29, 0.717) is 0 Å². The first-order valence-corrected chi connectivity index (χ1v) is 5.60. The lowest BCUT2D eigenvalue weighted by Gasteiger charge is -2.38. The number of rotatable bonds is 1. The predicted molar refractivity (Wildman–Crippen MR) is 65.7 cm³/mol. The first-order valence-electron chi connectivity index (χ1n) is 5.60. The average Bonchev–Trinajstić information content (AvgIpc) is 2.37. The maximum atomic E-state index is 5.66. The van der Waals surface area contributed by atoms with Gasteiger partial charge in [0.25, 0.3) is 0 Å². The minimum absolute atomic E-state index is 0.225. The summed E-state index contributed by atoms with van der Waals surface area (Å²) < 4.78 is 5.66. The molecule has 16 heavy (non-hydrogen) atoms. The molecule has 0 fully saturated rings. The van der Waals surface area contributed by atoms with Crippen molar-refractivity contribution >= 4 is 0 Å². The van der Waals surface area contributed by atoms with Gasteiger partial charge in [-0.2, -0.15) is 0 Å². The lowest BCUT2D eigenvalue weighted by atomic mass is 9.89. The fraction of sp³-hybridized carbons (Fsp3) is 0.429. The van der Waals surface area contributed by atoms with E-state index >= 15 is 0 Å². The van der Waals surface area contributed by atoms with Crippen molar-refractivity contribution in [2.24, 2.45) is 0 Å². The van der Waals surface area contributed by atoms with E-state index in [-0.39, 0.29) is 5.60 Å². The molecule has 0 aromatic heterocycles. The van der Waals surface area contributed by atoms with Gasteiger partial charge in [-0.15, -0.1) is 5.92 Å². The van der Waals surface area contributed by atoms with Gasteiger partial charge in [0.05, 0.1) is 6.26 Å². The molecule has 1 spiro atoms. The number of ether oxygens (including phenoxy) is 1. The third-order valence-electron chi connectivity index (χ3n) is 2.97. The van der Waals surface area contributed by atoms with Crippen LogP contribution in [0.1, 0.15) is 13.3 Å². The molecule has 0 radical (unpaired) electrons. The van der Waals surface area contributed by atoms with Crippen molar-refractivity contribution in [3.8, 4) is 11.8 Å². The normalized spacial score (nSPS) is 29.0. The number of hydrogen-bond donors (Lipinski definition) is 0. The lowest BCUT2D eigenvalue weighted by Crippen LogP contribution is -2.45. The first kappa shape index (κ1) is 11.0. The highest BCUT2D eigenvalue weighted by molar-refractivity contribution is 5.41. The van der Waals surface area contributed by atoms with Crippen molar-refractivity contribution in [3.63, 3.8) is 0 Å². The van der Waals surface area contributed by atoms with Crippen molar-refractivity contribution in [1.29, 1.82) is 0 Å². The molecule has 84 valence electrons. The molecule has 2 aliphatic rings. The minimum atomic E-state index is -0.225. The molecule has 0 saturated carbocycles. The van der Waals surface area contributed by atoms with Gasteiger partial charge in [0.15, 0.2) is 5.60 Å². The standard InChI is InChI=1S/C14H17NO/c1-3-4-5-7-13-8-6-10-15(2)12-14(13)9-11-16-14/h5,7-9,11H,6,10,12H2,1-2H3/b7-5-. The van der Waals surface area contributed by atoms with Crippen LogP contribution in [0.15, 0.2) is 36.1 Å². The van der Waals surface area contributed by atoms with Crippen LogP contribution in [-0.4, -0.2) is 30.6 Å². The molecule has 0 aromatic carbocycles. The van der Waals surface area contributed by atoms with E-state index in [2.05, 4.69) is 42.0 Å². The monoisotopic (exact) mass is 215 g/mol. The van der Waals surface area contributed by atoms with Crippen LogP contribution < -0.4 is 0 Å². The summed E-state index contributed by atoms with van der Waals surface area (Å²) in [6, 6.07) is 0. The van der Waals surface area contributed by atoms with Gasteiger partial charge in [-0.25, -0.2) is 0 Å². The van der Waals surface area contributed by atoms with E-state index in [4.69, 9.17) is 4.74 Å². The molecule has 2 aliphatic heterocycles. The molecule has 0 N–H and O–H groups in total. The van der Waals surface area contributed by atoms with Crippen LogP contribution >= 0.6 is 0 Å². The van der Waals surface area contributed by atoms with Crippen LogP contribution in [0.2, 0.25) is 0 Å². The Morgan fingerprint density at radius 3 is 3.00 bits per heavy atom. The van der Waals surface area contributed by atoms with E-state index in [1.807, 2.05) is 13.0 Å². The van der Waals surface area contributed by atoms with E-state index < -0.39 is 0 Å². The van der Waals surface area contributed by atoms with Crippen LogP contribution in [0.25, 0.3) is 0 Å². The first-order chi connectivity index (χ1) is 7.77. The molecule has 0 saturated heterocycles. The lowest BCUT2D eigenvalue weighted by molar-refractivity contribution is 0.0349. The van der Waals surface area contributed by atoms with Gasteiger partial charge in [0.2, 0.25) is 0 Å². The Morgan fingerprint density at radius 1 is 1.56 bits per heavy atom. The van der Waals surface area contributed by atoms with Gasteiger partial charge in [-0.1, -0.05) is 12.0 Å². The number of allylic oxidation sites excluding steroid dienone is 1. The second-order valence-corrected chi connectivity index (χ2v) is 4.22. The maximum absolute atomic E-state index is 5.66. The molecular weight excluding hydrogens is 198 g/mol. The summed E-state index contributed by atoms with van der Waals surface area (Å²) in [5, 5.41) is 0. The summed E-state index contributed by atoms with van der Waals surface area (Å²) in [5.74, 6) is 5.81. The second-order valence-electron chi connectivity index (χ2n) is 4.22. The maximum Gasteiger partial charge on any atom is 0.167 e. The Labute approximate surface area is 97.3 Å². The van der Waals surface area contributed by atoms with Crippen LogP contribution in [0, 0.1) is 11.8 Å². The molecule has 2 rings (SSSR count).